The van der Waals surface area contributed by atoms with Crippen molar-refractivity contribution in [1.82, 2.24) is 10.2 Å². The van der Waals surface area contributed by atoms with Gasteiger partial charge >= 0.3 is 5.97 Å². The van der Waals surface area contributed by atoms with Crippen molar-refractivity contribution in [2.75, 3.05) is 0 Å². The van der Waals surface area contributed by atoms with E-state index in [9.17, 15) is 4.79 Å². The first-order chi connectivity index (χ1) is 8.49. The van der Waals surface area contributed by atoms with Gasteiger partial charge in [-0.3, -0.25) is 0 Å². The van der Waals surface area contributed by atoms with Gasteiger partial charge in [-0.05, 0) is 37.1 Å². The molecule has 0 aliphatic heterocycles. The molecule has 0 saturated heterocycles. The molecule has 0 aliphatic rings. The van der Waals surface area contributed by atoms with Crippen LogP contribution in [0.2, 0.25) is 0 Å². The molecule has 0 radical (unpaired) electrons. The van der Waals surface area contributed by atoms with Gasteiger partial charge in [-0.1, -0.05) is 6.07 Å². The summed E-state index contributed by atoms with van der Waals surface area (Å²) in [6.45, 7) is 3.97. The molecule has 1 heterocycles. The highest BCUT2D eigenvalue weighted by Crippen LogP contribution is 2.22. The highest BCUT2D eigenvalue weighted by molar-refractivity contribution is 5.73. The topological polar surface area (TPSA) is 102 Å². The fourth-order valence-corrected chi connectivity index (χ4v) is 1.46. The molecule has 0 amide bonds. The highest BCUT2D eigenvalue weighted by Gasteiger charge is 2.21. The molecule has 0 bridgehead atoms. The number of hydrogen-bond donors (Lipinski definition) is 2. The number of nitrogens with zero attached hydrogens (tertiary/aromatic N) is 2. The first-order valence-electron chi connectivity index (χ1n) is 5.38. The lowest BCUT2D eigenvalue weighted by atomic mass is 10.1. The Kier molecular flexibility index (Phi) is 3.12. The summed E-state index contributed by atoms with van der Waals surface area (Å²) in [6.07, 6.45) is 0. The Labute approximate surface area is 103 Å². The van der Waals surface area contributed by atoms with Crippen LogP contribution in [0.15, 0.2) is 22.6 Å². The lowest BCUT2D eigenvalue weighted by molar-refractivity contribution is -0.139. The molecule has 2 aromatic rings. The number of aryl methyl sites for hydroxylation is 2. The van der Waals surface area contributed by atoms with Gasteiger partial charge in [-0.25, -0.2) is 4.79 Å². The fourth-order valence-electron chi connectivity index (χ4n) is 1.46. The minimum atomic E-state index is -1.29. The SMILES string of the molecule is Cc1ccc(-c2nnc(C(N)C(=O)O)o2)cc1C. The predicted molar refractivity (Wildman–Crippen MR) is 63.8 cm³/mol. The molecule has 1 atom stereocenters. The van der Waals surface area contributed by atoms with E-state index in [4.69, 9.17) is 15.3 Å². The molecule has 6 nitrogen and oxygen atoms in total. The Morgan fingerprint density at radius 3 is 2.67 bits per heavy atom. The van der Waals surface area contributed by atoms with Gasteiger partial charge in [0.15, 0.2) is 6.04 Å². The van der Waals surface area contributed by atoms with Crippen LogP contribution in [0, 0.1) is 13.8 Å². The molecule has 0 fully saturated rings. The Bertz CT molecular complexity index is 592. The van der Waals surface area contributed by atoms with Crippen molar-refractivity contribution in [3.8, 4) is 11.5 Å². The molecule has 0 saturated carbocycles. The van der Waals surface area contributed by atoms with Crippen molar-refractivity contribution in [2.24, 2.45) is 5.73 Å². The largest absolute Gasteiger partial charge is 0.480 e. The zero-order valence-corrected chi connectivity index (χ0v) is 10.0. The number of aliphatic carboxylic acids is 1. The second-order valence-corrected chi connectivity index (χ2v) is 4.06. The number of nitrogens with two attached hydrogens (primary N) is 1. The van der Waals surface area contributed by atoms with E-state index in [-0.39, 0.29) is 11.8 Å². The maximum atomic E-state index is 10.7. The summed E-state index contributed by atoms with van der Waals surface area (Å²) >= 11 is 0. The third kappa shape index (κ3) is 2.23. The van der Waals surface area contributed by atoms with E-state index in [1.54, 1.807) is 0 Å². The van der Waals surface area contributed by atoms with Crippen LogP contribution in [-0.2, 0) is 4.79 Å². The zero-order valence-electron chi connectivity index (χ0n) is 10.0. The fraction of sp³-hybridized carbons (Fsp3) is 0.250. The molecular formula is C12H13N3O3. The normalized spacial score (nSPS) is 12.4. The van der Waals surface area contributed by atoms with Gasteiger partial charge in [0.2, 0.25) is 11.8 Å². The first kappa shape index (κ1) is 12.3. The third-order valence-corrected chi connectivity index (χ3v) is 2.73. The standard InChI is InChI=1S/C12H13N3O3/c1-6-3-4-8(5-7(6)2)10-14-15-11(18-10)9(13)12(16)17/h3-5,9H,13H2,1-2H3,(H,16,17). The summed E-state index contributed by atoms with van der Waals surface area (Å²) in [5, 5.41) is 16.2. The maximum Gasteiger partial charge on any atom is 0.330 e. The average molecular weight is 247 g/mol. The quantitative estimate of drug-likeness (QED) is 0.850. The zero-order chi connectivity index (χ0) is 13.3. The molecule has 6 heteroatoms. The van der Waals surface area contributed by atoms with E-state index >= 15 is 0 Å². The number of benzene rings is 1. The molecule has 1 aromatic carbocycles. The van der Waals surface area contributed by atoms with Crippen molar-refractivity contribution in [3.05, 3.63) is 35.2 Å². The maximum absolute atomic E-state index is 10.7. The summed E-state index contributed by atoms with van der Waals surface area (Å²) in [5.41, 5.74) is 8.38. The molecule has 94 valence electrons. The van der Waals surface area contributed by atoms with Crippen LogP contribution < -0.4 is 5.73 Å². The summed E-state index contributed by atoms with van der Waals surface area (Å²) in [4.78, 5) is 10.7. The van der Waals surface area contributed by atoms with Crippen LogP contribution in [0.3, 0.4) is 0 Å². The van der Waals surface area contributed by atoms with Crippen LogP contribution in [0.5, 0.6) is 0 Å². The Hall–Kier alpha value is -2.21. The van der Waals surface area contributed by atoms with Crippen LogP contribution in [0.25, 0.3) is 11.5 Å². The van der Waals surface area contributed by atoms with E-state index in [2.05, 4.69) is 10.2 Å². The smallest absolute Gasteiger partial charge is 0.330 e. The Balaban J connectivity index is 2.35. The van der Waals surface area contributed by atoms with E-state index in [1.807, 2.05) is 32.0 Å². The van der Waals surface area contributed by atoms with Gasteiger partial charge in [0.1, 0.15) is 0 Å². The molecule has 3 N–H and O–H groups in total. The molecule has 1 aromatic heterocycles. The van der Waals surface area contributed by atoms with Gasteiger partial charge in [0.05, 0.1) is 0 Å². The van der Waals surface area contributed by atoms with Crippen molar-refractivity contribution in [2.45, 2.75) is 19.9 Å². The van der Waals surface area contributed by atoms with Gasteiger partial charge in [-0.15, -0.1) is 10.2 Å². The van der Waals surface area contributed by atoms with E-state index in [1.165, 1.54) is 0 Å². The van der Waals surface area contributed by atoms with Crippen LogP contribution >= 0.6 is 0 Å². The van der Waals surface area contributed by atoms with Crippen molar-refractivity contribution in [1.29, 1.82) is 0 Å². The van der Waals surface area contributed by atoms with Gasteiger partial charge < -0.3 is 15.3 Å². The van der Waals surface area contributed by atoms with Gasteiger partial charge in [0, 0.05) is 5.56 Å². The van der Waals surface area contributed by atoms with Crippen LogP contribution in [-0.4, -0.2) is 21.3 Å². The minimum absolute atomic E-state index is 0.101. The monoisotopic (exact) mass is 247 g/mol. The van der Waals surface area contributed by atoms with E-state index < -0.39 is 12.0 Å². The lowest BCUT2D eigenvalue weighted by Crippen LogP contribution is -2.20. The number of carboxylic acid groups (broad SMARTS) is 1. The average Bonchev–Trinajstić information content (AvgIpc) is 2.81. The lowest BCUT2D eigenvalue weighted by Gasteiger charge is -2.01. The molecule has 1 unspecified atom stereocenters. The molecular weight excluding hydrogens is 234 g/mol. The number of hydrogen-bond acceptors (Lipinski definition) is 5. The third-order valence-electron chi connectivity index (χ3n) is 2.73. The van der Waals surface area contributed by atoms with E-state index in [0.717, 1.165) is 16.7 Å². The highest BCUT2D eigenvalue weighted by atomic mass is 16.4. The minimum Gasteiger partial charge on any atom is -0.480 e. The van der Waals surface area contributed by atoms with Crippen molar-refractivity contribution < 1.29 is 14.3 Å². The van der Waals surface area contributed by atoms with Crippen molar-refractivity contribution >= 4 is 5.97 Å². The second kappa shape index (κ2) is 4.58. The van der Waals surface area contributed by atoms with Gasteiger partial charge in [-0.2, -0.15) is 0 Å². The van der Waals surface area contributed by atoms with Crippen LogP contribution in [0.4, 0.5) is 0 Å². The van der Waals surface area contributed by atoms with Gasteiger partial charge in [0.25, 0.3) is 0 Å². The Morgan fingerprint density at radius 1 is 1.33 bits per heavy atom. The summed E-state index contributed by atoms with van der Waals surface area (Å²) in [7, 11) is 0. The molecule has 18 heavy (non-hydrogen) atoms. The summed E-state index contributed by atoms with van der Waals surface area (Å²) in [6, 6.07) is 4.38. The summed E-state index contributed by atoms with van der Waals surface area (Å²) < 4.78 is 5.26. The Morgan fingerprint density at radius 2 is 2.06 bits per heavy atom. The summed E-state index contributed by atoms with van der Waals surface area (Å²) in [5.74, 6) is -1.04. The number of carboxylic acids is 1. The van der Waals surface area contributed by atoms with Crippen molar-refractivity contribution in [3.63, 3.8) is 0 Å². The first-order valence-corrected chi connectivity index (χ1v) is 5.38. The van der Waals surface area contributed by atoms with Crippen LogP contribution in [0.1, 0.15) is 23.1 Å². The number of rotatable bonds is 3. The number of aromatic nitrogens is 2. The molecule has 0 aliphatic carbocycles. The predicted octanol–water partition coefficient (Wildman–Crippen LogP) is 1.44. The molecule has 0 spiro atoms. The second-order valence-electron chi connectivity index (χ2n) is 4.06. The number of carbonyl (C=O) groups is 1. The van der Waals surface area contributed by atoms with E-state index in [0.29, 0.717) is 0 Å². The molecule has 2 rings (SSSR count).